The maximum atomic E-state index is 6.17. The van der Waals surface area contributed by atoms with Gasteiger partial charge in [-0.15, -0.1) is 11.3 Å². The van der Waals surface area contributed by atoms with Gasteiger partial charge in [-0.2, -0.15) is 0 Å². The third kappa shape index (κ3) is 2.96. The minimum Gasteiger partial charge on any atom is -0.314 e. The van der Waals surface area contributed by atoms with Crippen molar-refractivity contribution in [1.29, 1.82) is 0 Å². The molecule has 1 heterocycles. The van der Waals surface area contributed by atoms with Gasteiger partial charge in [-0.3, -0.25) is 0 Å². The molecule has 0 spiro atoms. The fourth-order valence-electron chi connectivity index (χ4n) is 1.77. The van der Waals surface area contributed by atoms with Crippen LogP contribution in [-0.2, 0) is 5.41 Å². The van der Waals surface area contributed by atoms with Gasteiger partial charge in [0.2, 0.25) is 0 Å². The molecule has 1 aliphatic rings. The SMILES string of the molecule is CC(C)(CCNC1CC1)c1sccc1Cl. The van der Waals surface area contributed by atoms with E-state index in [-0.39, 0.29) is 5.41 Å². The summed E-state index contributed by atoms with van der Waals surface area (Å²) >= 11 is 7.94. The van der Waals surface area contributed by atoms with Gasteiger partial charge >= 0.3 is 0 Å². The van der Waals surface area contributed by atoms with Gasteiger partial charge in [0.25, 0.3) is 0 Å². The number of thiophene rings is 1. The third-order valence-corrected chi connectivity index (χ3v) is 4.70. The fraction of sp³-hybridized carbons (Fsp3) is 0.667. The van der Waals surface area contributed by atoms with Crippen LogP contribution in [0.4, 0.5) is 0 Å². The molecule has 3 heteroatoms. The lowest BCUT2D eigenvalue weighted by atomic mass is 9.87. The van der Waals surface area contributed by atoms with Crippen molar-refractivity contribution in [3.8, 4) is 0 Å². The Morgan fingerprint density at radius 3 is 2.80 bits per heavy atom. The Hall–Kier alpha value is -0.0500. The molecular weight excluding hydrogens is 226 g/mol. The van der Waals surface area contributed by atoms with E-state index < -0.39 is 0 Å². The lowest BCUT2D eigenvalue weighted by molar-refractivity contribution is 0.464. The lowest BCUT2D eigenvalue weighted by Crippen LogP contribution is -2.26. The van der Waals surface area contributed by atoms with Gasteiger partial charge in [-0.25, -0.2) is 0 Å². The molecule has 0 aromatic carbocycles. The molecule has 0 bridgehead atoms. The molecule has 0 amide bonds. The van der Waals surface area contributed by atoms with Crippen molar-refractivity contribution in [3.63, 3.8) is 0 Å². The fourth-order valence-corrected chi connectivity index (χ4v) is 3.24. The van der Waals surface area contributed by atoms with Crippen LogP contribution in [0.25, 0.3) is 0 Å². The molecule has 0 saturated heterocycles. The van der Waals surface area contributed by atoms with E-state index in [4.69, 9.17) is 11.6 Å². The zero-order valence-electron chi connectivity index (χ0n) is 9.35. The first-order chi connectivity index (χ1) is 7.09. The molecule has 0 radical (unpaired) electrons. The number of hydrogen-bond donors (Lipinski definition) is 1. The highest BCUT2D eigenvalue weighted by molar-refractivity contribution is 7.10. The van der Waals surface area contributed by atoms with Crippen LogP contribution in [0.2, 0.25) is 5.02 Å². The van der Waals surface area contributed by atoms with Gasteiger partial charge in [-0.05, 0) is 37.3 Å². The van der Waals surface area contributed by atoms with Crippen LogP contribution in [-0.4, -0.2) is 12.6 Å². The van der Waals surface area contributed by atoms with E-state index in [1.807, 2.05) is 6.07 Å². The summed E-state index contributed by atoms with van der Waals surface area (Å²) in [6, 6.07) is 2.80. The Kier molecular flexibility index (Phi) is 3.39. The van der Waals surface area contributed by atoms with Crippen molar-refractivity contribution in [2.24, 2.45) is 0 Å². The number of hydrogen-bond acceptors (Lipinski definition) is 2. The Morgan fingerprint density at radius 2 is 2.27 bits per heavy atom. The molecule has 84 valence electrons. The van der Waals surface area contributed by atoms with Gasteiger partial charge in [0.15, 0.2) is 0 Å². The lowest BCUT2D eigenvalue weighted by Gasteiger charge is -2.24. The topological polar surface area (TPSA) is 12.0 Å². The quantitative estimate of drug-likeness (QED) is 0.829. The largest absolute Gasteiger partial charge is 0.314 e. The zero-order valence-corrected chi connectivity index (χ0v) is 10.9. The van der Waals surface area contributed by atoms with Crippen LogP contribution in [0.3, 0.4) is 0 Å². The standard InChI is InChI=1S/C12H18ClNS/c1-12(2,6-7-14-9-3-4-9)11-10(13)5-8-15-11/h5,8-9,14H,3-4,6-7H2,1-2H3. The maximum Gasteiger partial charge on any atom is 0.0550 e. The molecule has 1 aromatic rings. The van der Waals surface area contributed by atoms with Gasteiger partial charge in [-0.1, -0.05) is 25.4 Å². The summed E-state index contributed by atoms with van der Waals surface area (Å²) in [6.07, 6.45) is 3.88. The number of halogens is 1. The molecule has 0 unspecified atom stereocenters. The van der Waals surface area contributed by atoms with Crippen molar-refractivity contribution in [3.05, 3.63) is 21.3 Å². The molecule has 2 rings (SSSR count). The summed E-state index contributed by atoms with van der Waals surface area (Å²) in [5.41, 5.74) is 0.202. The molecule has 1 N–H and O–H groups in total. The molecule has 15 heavy (non-hydrogen) atoms. The van der Waals surface area contributed by atoms with Crippen LogP contribution in [0.15, 0.2) is 11.4 Å². The first-order valence-corrected chi connectivity index (χ1v) is 6.82. The maximum absolute atomic E-state index is 6.17. The smallest absolute Gasteiger partial charge is 0.0550 e. The van der Waals surface area contributed by atoms with Gasteiger partial charge in [0, 0.05) is 16.3 Å². The highest BCUT2D eigenvalue weighted by Crippen LogP contribution is 2.36. The molecule has 1 fully saturated rings. The highest BCUT2D eigenvalue weighted by atomic mass is 35.5. The van der Waals surface area contributed by atoms with E-state index in [1.54, 1.807) is 11.3 Å². The summed E-state index contributed by atoms with van der Waals surface area (Å²) in [4.78, 5) is 1.32. The minimum atomic E-state index is 0.202. The van der Waals surface area contributed by atoms with Crippen molar-refractivity contribution in [2.75, 3.05) is 6.54 Å². The van der Waals surface area contributed by atoms with E-state index in [9.17, 15) is 0 Å². The second kappa shape index (κ2) is 4.44. The summed E-state index contributed by atoms with van der Waals surface area (Å²) in [5.74, 6) is 0. The van der Waals surface area contributed by atoms with Crippen molar-refractivity contribution >= 4 is 22.9 Å². The molecule has 1 aliphatic carbocycles. The molecule has 0 aliphatic heterocycles. The van der Waals surface area contributed by atoms with E-state index in [1.165, 1.54) is 17.7 Å². The van der Waals surface area contributed by atoms with Crippen LogP contribution in [0.1, 0.15) is 38.0 Å². The normalized spacial score (nSPS) is 17.0. The van der Waals surface area contributed by atoms with Gasteiger partial charge in [0.05, 0.1) is 5.02 Å². The molecule has 0 atom stereocenters. The van der Waals surface area contributed by atoms with E-state index in [0.717, 1.165) is 24.0 Å². The van der Waals surface area contributed by atoms with E-state index >= 15 is 0 Å². The number of nitrogens with one attached hydrogen (secondary N) is 1. The molecule has 1 nitrogen and oxygen atoms in total. The van der Waals surface area contributed by atoms with Gasteiger partial charge < -0.3 is 5.32 Å². The highest BCUT2D eigenvalue weighted by Gasteiger charge is 2.26. The predicted octanol–water partition coefficient (Wildman–Crippen LogP) is 3.82. The molecule has 1 aromatic heterocycles. The van der Waals surface area contributed by atoms with Crippen molar-refractivity contribution in [1.82, 2.24) is 5.32 Å². The summed E-state index contributed by atoms with van der Waals surface area (Å²) in [7, 11) is 0. The summed E-state index contributed by atoms with van der Waals surface area (Å²) < 4.78 is 0. The second-order valence-electron chi connectivity index (χ2n) is 4.96. The first kappa shape index (κ1) is 11.4. The average Bonchev–Trinajstić information content (AvgIpc) is 2.86. The first-order valence-electron chi connectivity index (χ1n) is 5.56. The third-order valence-electron chi connectivity index (χ3n) is 2.99. The predicted molar refractivity (Wildman–Crippen MR) is 68.0 cm³/mol. The van der Waals surface area contributed by atoms with Crippen molar-refractivity contribution in [2.45, 2.75) is 44.6 Å². The van der Waals surface area contributed by atoms with Gasteiger partial charge in [0.1, 0.15) is 0 Å². The van der Waals surface area contributed by atoms with Crippen molar-refractivity contribution < 1.29 is 0 Å². The molecular formula is C12H18ClNS. The Balaban J connectivity index is 1.90. The number of rotatable bonds is 5. The Morgan fingerprint density at radius 1 is 1.53 bits per heavy atom. The monoisotopic (exact) mass is 243 g/mol. The van der Waals surface area contributed by atoms with Crippen LogP contribution < -0.4 is 5.32 Å². The summed E-state index contributed by atoms with van der Waals surface area (Å²) in [6.45, 7) is 5.66. The van der Waals surface area contributed by atoms with Crippen LogP contribution in [0, 0.1) is 0 Å². The second-order valence-corrected chi connectivity index (χ2v) is 6.28. The van der Waals surface area contributed by atoms with Crippen LogP contribution in [0.5, 0.6) is 0 Å². The van der Waals surface area contributed by atoms with E-state index in [0.29, 0.717) is 0 Å². The Bertz CT molecular complexity index is 328. The zero-order chi connectivity index (χ0) is 10.9. The minimum absolute atomic E-state index is 0.202. The van der Waals surface area contributed by atoms with Crippen LogP contribution >= 0.6 is 22.9 Å². The van der Waals surface area contributed by atoms with E-state index in [2.05, 4.69) is 24.5 Å². The average molecular weight is 244 g/mol. The summed E-state index contributed by atoms with van der Waals surface area (Å²) in [5, 5.41) is 6.56. The molecule has 1 saturated carbocycles. The Labute approximate surface area is 101 Å².